The molecule has 0 aliphatic carbocycles. The largest absolute Gasteiger partial charge is 0.337 e. The lowest BCUT2D eigenvalue weighted by molar-refractivity contribution is 0.628. The van der Waals surface area contributed by atoms with E-state index >= 15 is 0 Å². The van der Waals surface area contributed by atoms with Gasteiger partial charge in [0.2, 0.25) is 0 Å². The Balaban J connectivity index is 1.71. The van der Waals surface area contributed by atoms with E-state index in [2.05, 4.69) is 15.4 Å². The fraction of sp³-hybridized carbons (Fsp3) is 0.455. The molecule has 1 N–H and O–H groups in total. The highest BCUT2D eigenvalue weighted by molar-refractivity contribution is 4.99. The summed E-state index contributed by atoms with van der Waals surface area (Å²) in [6.07, 6.45) is 6.69. The molecule has 2 rings (SSSR count). The lowest BCUT2D eigenvalue weighted by Gasteiger charge is -2.03. The Morgan fingerprint density at radius 1 is 1.31 bits per heavy atom. The van der Waals surface area contributed by atoms with Crippen LogP contribution in [0.2, 0.25) is 0 Å². The van der Waals surface area contributed by atoms with E-state index in [1.807, 2.05) is 48.0 Å². The van der Waals surface area contributed by atoms with Gasteiger partial charge in [0.05, 0.1) is 12.2 Å². The fourth-order valence-corrected chi connectivity index (χ4v) is 1.58. The summed E-state index contributed by atoms with van der Waals surface area (Å²) < 4.78 is 3.85. The molecule has 5 heteroatoms. The molecule has 5 nitrogen and oxygen atoms in total. The molecular weight excluding hydrogens is 202 g/mol. The first-order valence-corrected chi connectivity index (χ1v) is 5.41. The van der Waals surface area contributed by atoms with Gasteiger partial charge in [-0.25, -0.2) is 4.98 Å². The van der Waals surface area contributed by atoms with Crippen LogP contribution in [0.4, 0.5) is 0 Å². The van der Waals surface area contributed by atoms with Crippen molar-refractivity contribution in [3.63, 3.8) is 0 Å². The molecule has 0 aliphatic heterocycles. The maximum absolute atomic E-state index is 4.32. The topological polar surface area (TPSA) is 47.7 Å². The zero-order chi connectivity index (χ0) is 11.4. The second kappa shape index (κ2) is 4.94. The van der Waals surface area contributed by atoms with Crippen molar-refractivity contribution >= 4 is 0 Å². The number of hydrogen-bond donors (Lipinski definition) is 1. The van der Waals surface area contributed by atoms with Crippen molar-refractivity contribution in [2.75, 3.05) is 6.54 Å². The van der Waals surface area contributed by atoms with E-state index in [-0.39, 0.29) is 0 Å². The molecule has 0 aliphatic rings. The van der Waals surface area contributed by atoms with Gasteiger partial charge in [-0.3, -0.25) is 4.68 Å². The average molecular weight is 219 g/mol. The zero-order valence-corrected chi connectivity index (χ0v) is 9.72. The van der Waals surface area contributed by atoms with Crippen molar-refractivity contribution in [1.82, 2.24) is 24.6 Å². The molecule has 86 valence electrons. The number of imidazole rings is 1. The van der Waals surface area contributed by atoms with Crippen LogP contribution in [0.5, 0.6) is 0 Å². The third kappa shape index (κ3) is 2.70. The monoisotopic (exact) mass is 219 g/mol. The summed E-state index contributed by atoms with van der Waals surface area (Å²) >= 11 is 0. The van der Waals surface area contributed by atoms with E-state index in [0.717, 1.165) is 31.0 Å². The molecule has 0 saturated carbocycles. The Bertz CT molecular complexity index is 443. The number of nitrogens with zero attached hydrogens (tertiary/aromatic N) is 4. The highest BCUT2D eigenvalue weighted by atomic mass is 15.2. The molecule has 2 aromatic heterocycles. The standard InChI is InChI=1S/C11H17N5/c1-15-8-6-13-11(15)9-12-5-3-10-4-7-16(2)14-10/h4,6-8,12H,3,5,9H2,1-2H3. The molecular formula is C11H17N5. The number of aromatic nitrogens is 4. The van der Waals surface area contributed by atoms with Gasteiger partial charge in [-0.2, -0.15) is 5.10 Å². The van der Waals surface area contributed by atoms with E-state index < -0.39 is 0 Å². The minimum atomic E-state index is 0.802. The van der Waals surface area contributed by atoms with Crippen LogP contribution in [0.3, 0.4) is 0 Å². The van der Waals surface area contributed by atoms with E-state index in [9.17, 15) is 0 Å². The molecule has 0 fully saturated rings. The summed E-state index contributed by atoms with van der Waals surface area (Å²) in [5.74, 6) is 1.06. The highest BCUT2D eigenvalue weighted by Gasteiger charge is 1.99. The van der Waals surface area contributed by atoms with E-state index in [1.54, 1.807) is 0 Å². The number of rotatable bonds is 5. The zero-order valence-electron chi connectivity index (χ0n) is 9.72. The van der Waals surface area contributed by atoms with Crippen molar-refractivity contribution < 1.29 is 0 Å². The van der Waals surface area contributed by atoms with E-state index in [0.29, 0.717) is 0 Å². The summed E-state index contributed by atoms with van der Waals surface area (Å²) in [6.45, 7) is 1.72. The first-order chi connectivity index (χ1) is 7.75. The Hall–Kier alpha value is -1.62. The van der Waals surface area contributed by atoms with Gasteiger partial charge < -0.3 is 9.88 Å². The van der Waals surface area contributed by atoms with Gasteiger partial charge in [0.1, 0.15) is 5.82 Å². The summed E-state index contributed by atoms with van der Waals surface area (Å²) in [5, 5.41) is 7.67. The van der Waals surface area contributed by atoms with Crippen LogP contribution in [0.15, 0.2) is 24.7 Å². The third-order valence-electron chi connectivity index (χ3n) is 2.53. The number of aryl methyl sites for hydroxylation is 2. The molecule has 0 bridgehead atoms. The van der Waals surface area contributed by atoms with Gasteiger partial charge in [0.25, 0.3) is 0 Å². The van der Waals surface area contributed by atoms with E-state index in [4.69, 9.17) is 0 Å². The van der Waals surface area contributed by atoms with Crippen LogP contribution in [0.25, 0.3) is 0 Å². The van der Waals surface area contributed by atoms with Crippen molar-refractivity contribution in [3.05, 3.63) is 36.2 Å². The third-order valence-corrected chi connectivity index (χ3v) is 2.53. The minimum absolute atomic E-state index is 0.802. The van der Waals surface area contributed by atoms with Gasteiger partial charge in [-0.15, -0.1) is 0 Å². The van der Waals surface area contributed by atoms with Crippen LogP contribution in [0, 0.1) is 0 Å². The molecule has 0 aromatic carbocycles. The maximum Gasteiger partial charge on any atom is 0.122 e. The van der Waals surface area contributed by atoms with Gasteiger partial charge in [-0.05, 0) is 6.07 Å². The fourth-order valence-electron chi connectivity index (χ4n) is 1.58. The van der Waals surface area contributed by atoms with Crippen molar-refractivity contribution in [3.8, 4) is 0 Å². The molecule has 2 heterocycles. The quantitative estimate of drug-likeness (QED) is 0.744. The number of nitrogens with one attached hydrogen (secondary N) is 1. The minimum Gasteiger partial charge on any atom is -0.337 e. The Kier molecular flexibility index (Phi) is 3.36. The molecule has 0 spiro atoms. The van der Waals surface area contributed by atoms with Crippen LogP contribution in [0.1, 0.15) is 11.5 Å². The first-order valence-electron chi connectivity index (χ1n) is 5.41. The summed E-state index contributed by atoms with van der Waals surface area (Å²) in [5.41, 5.74) is 1.12. The van der Waals surface area contributed by atoms with Crippen molar-refractivity contribution in [2.45, 2.75) is 13.0 Å². The lowest BCUT2D eigenvalue weighted by atomic mass is 10.3. The normalized spacial score (nSPS) is 10.9. The smallest absolute Gasteiger partial charge is 0.122 e. The summed E-state index contributed by atoms with van der Waals surface area (Å²) in [6, 6.07) is 2.04. The Morgan fingerprint density at radius 2 is 2.19 bits per heavy atom. The predicted molar refractivity (Wildman–Crippen MR) is 61.8 cm³/mol. The van der Waals surface area contributed by atoms with E-state index in [1.165, 1.54) is 0 Å². The first kappa shape index (κ1) is 10.9. The molecule has 0 amide bonds. The molecule has 0 unspecified atom stereocenters. The highest BCUT2D eigenvalue weighted by Crippen LogP contribution is 1.96. The van der Waals surface area contributed by atoms with Crippen LogP contribution >= 0.6 is 0 Å². The molecule has 0 radical (unpaired) electrons. The van der Waals surface area contributed by atoms with Crippen LogP contribution in [-0.4, -0.2) is 25.9 Å². The van der Waals surface area contributed by atoms with Crippen molar-refractivity contribution in [2.24, 2.45) is 14.1 Å². The van der Waals surface area contributed by atoms with Gasteiger partial charge in [0.15, 0.2) is 0 Å². The predicted octanol–water partition coefficient (Wildman–Crippen LogP) is 0.486. The summed E-state index contributed by atoms with van der Waals surface area (Å²) in [4.78, 5) is 4.25. The Morgan fingerprint density at radius 3 is 2.81 bits per heavy atom. The van der Waals surface area contributed by atoms with Crippen LogP contribution < -0.4 is 5.32 Å². The molecule has 16 heavy (non-hydrogen) atoms. The summed E-state index contributed by atoms with van der Waals surface area (Å²) in [7, 11) is 3.94. The van der Waals surface area contributed by atoms with Gasteiger partial charge >= 0.3 is 0 Å². The van der Waals surface area contributed by atoms with Crippen molar-refractivity contribution in [1.29, 1.82) is 0 Å². The number of hydrogen-bond acceptors (Lipinski definition) is 3. The van der Waals surface area contributed by atoms with Crippen LogP contribution in [-0.2, 0) is 27.1 Å². The molecule has 0 atom stereocenters. The average Bonchev–Trinajstić information content (AvgIpc) is 2.83. The molecule has 2 aromatic rings. The van der Waals surface area contributed by atoms with Gasteiger partial charge in [-0.1, -0.05) is 0 Å². The SMILES string of the molecule is Cn1ccc(CCNCc2nccn2C)n1. The Labute approximate surface area is 95.1 Å². The second-order valence-corrected chi connectivity index (χ2v) is 3.86. The molecule has 0 saturated heterocycles. The second-order valence-electron chi connectivity index (χ2n) is 3.86. The van der Waals surface area contributed by atoms with Gasteiger partial charge in [0, 0.05) is 45.7 Å². The maximum atomic E-state index is 4.32. The lowest BCUT2D eigenvalue weighted by Crippen LogP contribution is -2.19.